The average Bonchev–Trinajstić information content (AvgIpc) is 2.02. The number of benzene rings is 1. The highest BCUT2D eigenvalue weighted by Gasteiger charge is 2.15. The van der Waals surface area contributed by atoms with Crippen LogP contribution in [0.15, 0.2) is 12.1 Å². The van der Waals surface area contributed by atoms with E-state index in [1.165, 1.54) is 0 Å². The molecule has 1 aromatic rings. The summed E-state index contributed by atoms with van der Waals surface area (Å²) >= 11 is 0. The Kier molecular flexibility index (Phi) is 2.83. The van der Waals surface area contributed by atoms with Crippen LogP contribution in [0.25, 0.3) is 0 Å². The third kappa shape index (κ3) is 1.95. The maximum Gasteiger partial charge on any atom is 0.132 e. The third-order valence-corrected chi connectivity index (χ3v) is 1.91. The minimum absolute atomic E-state index is 0.0713. The van der Waals surface area contributed by atoms with E-state index in [1.807, 2.05) is 0 Å². The fourth-order valence-corrected chi connectivity index (χ4v) is 1.16. The summed E-state index contributed by atoms with van der Waals surface area (Å²) in [5, 5.41) is 0. The maximum absolute atomic E-state index is 13.1. The Morgan fingerprint density at radius 1 is 1.31 bits per heavy atom. The van der Waals surface area contributed by atoms with Gasteiger partial charge in [-0.05, 0) is 18.6 Å². The predicted octanol–water partition coefficient (Wildman–Crippen LogP) is 1.96. The molecule has 1 atom stereocenters. The molecule has 0 aliphatic heterocycles. The standard InChI is InChI=1S/C9H12F2N2/c1-2-8(13)9-6(10)3-5(12)4-7(9)11/h3-4,8H,2,12-13H2,1H3. The van der Waals surface area contributed by atoms with Crippen LogP contribution in [0.5, 0.6) is 0 Å². The fourth-order valence-electron chi connectivity index (χ4n) is 1.16. The first-order valence-corrected chi connectivity index (χ1v) is 4.06. The van der Waals surface area contributed by atoms with E-state index in [0.717, 1.165) is 12.1 Å². The second-order valence-electron chi connectivity index (χ2n) is 2.91. The monoisotopic (exact) mass is 186 g/mol. The number of hydrogen-bond donors (Lipinski definition) is 2. The summed E-state index contributed by atoms with van der Waals surface area (Å²) in [4.78, 5) is 0. The van der Waals surface area contributed by atoms with E-state index in [9.17, 15) is 8.78 Å². The van der Waals surface area contributed by atoms with Crippen LogP contribution in [0, 0.1) is 11.6 Å². The van der Waals surface area contributed by atoms with Gasteiger partial charge in [-0.1, -0.05) is 6.92 Å². The molecule has 1 unspecified atom stereocenters. The maximum atomic E-state index is 13.1. The zero-order chi connectivity index (χ0) is 10.0. The van der Waals surface area contributed by atoms with Gasteiger partial charge in [0, 0.05) is 17.3 Å². The second-order valence-corrected chi connectivity index (χ2v) is 2.91. The molecule has 0 aliphatic rings. The lowest BCUT2D eigenvalue weighted by Crippen LogP contribution is -2.13. The van der Waals surface area contributed by atoms with E-state index in [0.29, 0.717) is 6.42 Å². The molecule has 0 spiro atoms. The molecule has 0 radical (unpaired) electrons. The summed E-state index contributed by atoms with van der Waals surface area (Å²) in [5.41, 5.74) is 10.8. The third-order valence-electron chi connectivity index (χ3n) is 1.91. The van der Waals surface area contributed by atoms with Gasteiger partial charge >= 0.3 is 0 Å². The molecular weight excluding hydrogens is 174 g/mol. The molecule has 0 aromatic heterocycles. The smallest absolute Gasteiger partial charge is 0.132 e. The minimum Gasteiger partial charge on any atom is -0.399 e. The Labute approximate surface area is 75.5 Å². The van der Waals surface area contributed by atoms with Crippen molar-refractivity contribution in [2.24, 2.45) is 5.73 Å². The molecular formula is C9H12F2N2. The topological polar surface area (TPSA) is 52.0 Å². The molecule has 2 nitrogen and oxygen atoms in total. The van der Waals surface area contributed by atoms with Crippen LogP contribution < -0.4 is 11.5 Å². The molecule has 13 heavy (non-hydrogen) atoms. The van der Waals surface area contributed by atoms with Gasteiger partial charge in [-0.25, -0.2) is 8.78 Å². The fraction of sp³-hybridized carbons (Fsp3) is 0.333. The molecule has 4 heteroatoms. The van der Waals surface area contributed by atoms with E-state index < -0.39 is 17.7 Å². The van der Waals surface area contributed by atoms with Crippen molar-refractivity contribution in [3.8, 4) is 0 Å². The number of nitrogens with two attached hydrogens (primary N) is 2. The number of rotatable bonds is 2. The van der Waals surface area contributed by atoms with Crippen molar-refractivity contribution in [1.82, 2.24) is 0 Å². The first kappa shape index (κ1) is 9.92. The molecule has 0 fully saturated rings. The Bertz CT molecular complexity index is 289. The summed E-state index contributed by atoms with van der Waals surface area (Å²) in [6, 6.07) is 1.54. The molecule has 1 aromatic carbocycles. The van der Waals surface area contributed by atoms with Gasteiger partial charge in [0.2, 0.25) is 0 Å². The van der Waals surface area contributed by atoms with Gasteiger partial charge in [0.15, 0.2) is 0 Å². The molecule has 0 heterocycles. The number of halogens is 2. The predicted molar refractivity (Wildman–Crippen MR) is 48.0 cm³/mol. The lowest BCUT2D eigenvalue weighted by molar-refractivity contribution is 0.521. The van der Waals surface area contributed by atoms with Crippen molar-refractivity contribution in [3.63, 3.8) is 0 Å². The quantitative estimate of drug-likeness (QED) is 0.693. The van der Waals surface area contributed by atoms with Crippen molar-refractivity contribution >= 4 is 5.69 Å². The van der Waals surface area contributed by atoms with Gasteiger partial charge in [-0.15, -0.1) is 0 Å². The average molecular weight is 186 g/mol. The molecule has 72 valence electrons. The molecule has 0 bridgehead atoms. The lowest BCUT2D eigenvalue weighted by Gasteiger charge is -2.11. The summed E-state index contributed by atoms with van der Waals surface area (Å²) in [5.74, 6) is -1.35. The molecule has 0 saturated heterocycles. The van der Waals surface area contributed by atoms with Crippen LogP contribution in [0.1, 0.15) is 24.9 Å². The van der Waals surface area contributed by atoms with Gasteiger partial charge < -0.3 is 11.5 Å². The number of anilines is 1. The summed E-state index contributed by atoms with van der Waals surface area (Å²) in [6.45, 7) is 1.76. The van der Waals surface area contributed by atoms with Crippen molar-refractivity contribution in [1.29, 1.82) is 0 Å². The normalized spacial score (nSPS) is 12.9. The van der Waals surface area contributed by atoms with Crippen molar-refractivity contribution in [2.75, 3.05) is 5.73 Å². The lowest BCUT2D eigenvalue weighted by atomic mass is 10.0. The van der Waals surface area contributed by atoms with Crippen molar-refractivity contribution in [3.05, 3.63) is 29.3 Å². The van der Waals surface area contributed by atoms with Crippen LogP contribution in [0.3, 0.4) is 0 Å². The Balaban J connectivity index is 3.20. The van der Waals surface area contributed by atoms with E-state index in [1.54, 1.807) is 6.92 Å². The van der Waals surface area contributed by atoms with Crippen LogP contribution >= 0.6 is 0 Å². The van der Waals surface area contributed by atoms with Gasteiger partial charge in [0.1, 0.15) is 11.6 Å². The van der Waals surface area contributed by atoms with Crippen molar-refractivity contribution < 1.29 is 8.78 Å². The molecule has 4 N–H and O–H groups in total. The first-order chi connectivity index (χ1) is 6.06. The van der Waals surface area contributed by atoms with E-state index >= 15 is 0 Å². The van der Waals surface area contributed by atoms with E-state index in [2.05, 4.69) is 0 Å². The highest BCUT2D eigenvalue weighted by atomic mass is 19.1. The zero-order valence-corrected chi connectivity index (χ0v) is 7.35. The number of nitrogen functional groups attached to an aromatic ring is 1. The van der Waals surface area contributed by atoms with Crippen LogP contribution in [-0.2, 0) is 0 Å². The highest BCUT2D eigenvalue weighted by molar-refractivity contribution is 5.42. The summed E-state index contributed by atoms with van der Waals surface area (Å²) in [7, 11) is 0. The van der Waals surface area contributed by atoms with Crippen LogP contribution in [0.4, 0.5) is 14.5 Å². The number of hydrogen-bond acceptors (Lipinski definition) is 2. The summed E-state index contributed by atoms with van der Waals surface area (Å²) in [6.07, 6.45) is 0.484. The Morgan fingerprint density at radius 3 is 2.15 bits per heavy atom. The van der Waals surface area contributed by atoms with Gasteiger partial charge in [-0.2, -0.15) is 0 Å². The first-order valence-electron chi connectivity index (χ1n) is 4.06. The van der Waals surface area contributed by atoms with Crippen LogP contribution in [-0.4, -0.2) is 0 Å². The van der Waals surface area contributed by atoms with E-state index in [-0.39, 0.29) is 11.3 Å². The summed E-state index contributed by atoms with van der Waals surface area (Å²) < 4.78 is 26.3. The highest BCUT2D eigenvalue weighted by Crippen LogP contribution is 2.23. The van der Waals surface area contributed by atoms with Gasteiger partial charge in [-0.3, -0.25) is 0 Å². The Hall–Kier alpha value is -1.16. The van der Waals surface area contributed by atoms with E-state index in [4.69, 9.17) is 11.5 Å². The van der Waals surface area contributed by atoms with Gasteiger partial charge in [0.25, 0.3) is 0 Å². The van der Waals surface area contributed by atoms with Crippen molar-refractivity contribution in [2.45, 2.75) is 19.4 Å². The SMILES string of the molecule is CCC(N)c1c(F)cc(N)cc1F. The van der Waals surface area contributed by atoms with Gasteiger partial charge in [0.05, 0.1) is 0 Å². The minimum atomic E-state index is -0.674. The second kappa shape index (κ2) is 3.70. The molecule has 0 amide bonds. The molecule has 0 aliphatic carbocycles. The molecule has 0 saturated carbocycles. The Morgan fingerprint density at radius 2 is 1.77 bits per heavy atom. The zero-order valence-electron chi connectivity index (χ0n) is 7.35. The molecule has 1 rings (SSSR count). The largest absolute Gasteiger partial charge is 0.399 e. The van der Waals surface area contributed by atoms with Crippen LogP contribution in [0.2, 0.25) is 0 Å².